The van der Waals surface area contributed by atoms with Gasteiger partial charge in [0.25, 0.3) is 5.91 Å². The summed E-state index contributed by atoms with van der Waals surface area (Å²) < 4.78 is 56.3. The highest BCUT2D eigenvalue weighted by atomic mass is 28.4. The molecule has 0 spiro atoms. The largest absolute Gasteiger partial charge is 0.444 e. The number of halogens is 3. The minimum atomic E-state index is -4.52. The topological polar surface area (TPSA) is 120 Å². The summed E-state index contributed by atoms with van der Waals surface area (Å²) in [5.41, 5.74) is 4.13. The first-order valence-corrected chi connectivity index (χ1v) is 15.6. The summed E-state index contributed by atoms with van der Waals surface area (Å²) in [5, 5.41) is -0.0953. The van der Waals surface area contributed by atoms with Gasteiger partial charge in [-0.3, -0.25) is 4.79 Å². The molecule has 1 aromatic rings. The standard InChI is InChI=1S/C24H38F3N5O5Si/c1-15(36-21(28)34)14-35-18-8-10-32(20(18)33)17-7-9-31(13-19(17)37-38(5,6)23(2,3)4)22-29-11-16(12-30-22)24(25,26)27/h11-12,15,17-19H,7-10,13-14H2,1-6H3,(H2,28,34)/t15?,17-,18-,19+/m1/s1. The van der Waals surface area contributed by atoms with Crippen molar-refractivity contribution in [3.63, 3.8) is 0 Å². The number of anilines is 1. The van der Waals surface area contributed by atoms with Gasteiger partial charge in [-0.15, -0.1) is 0 Å². The van der Waals surface area contributed by atoms with Crippen molar-refractivity contribution in [2.24, 2.45) is 5.73 Å². The lowest BCUT2D eigenvalue weighted by Crippen LogP contribution is -2.60. The fourth-order valence-corrected chi connectivity index (χ4v) is 5.73. The number of rotatable bonds is 8. The zero-order chi connectivity index (χ0) is 28.5. The van der Waals surface area contributed by atoms with Gasteiger partial charge in [-0.05, 0) is 31.5 Å². The molecule has 0 aromatic carbocycles. The molecule has 1 unspecified atom stereocenters. The van der Waals surface area contributed by atoms with Crippen molar-refractivity contribution in [2.75, 3.05) is 31.1 Å². The van der Waals surface area contributed by atoms with Gasteiger partial charge in [-0.25, -0.2) is 14.8 Å². The van der Waals surface area contributed by atoms with Gasteiger partial charge in [0.1, 0.15) is 12.2 Å². The summed E-state index contributed by atoms with van der Waals surface area (Å²) in [7, 11) is -2.28. The number of piperidine rings is 1. The Bertz CT molecular complexity index is 989. The van der Waals surface area contributed by atoms with E-state index >= 15 is 0 Å². The summed E-state index contributed by atoms with van der Waals surface area (Å²) in [6.45, 7) is 13.5. The Kier molecular flexibility index (Phi) is 8.98. The molecule has 0 aliphatic carbocycles. The fraction of sp³-hybridized carbons (Fsp3) is 0.750. The van der Waals surface area contributed by atoms with Gasteiger partial charge in [-0.2, -0.15) is 13.2 Å². The average Bonchev–Trinajstić information content (AvgIpc) is 3.15. The second-order valence-corrected chi connectivity index (χ2v) is 16.1. The van der Waals surface area contributed by atoms with E-state index in [1.807, 2.05) is 4.90 Å². The third-order valence-electron chi connectivity index (χ3n) is 7.47. The van der Waals surface area contributed by atoms with Crippen molar-refractivity contribution >= 4 is 26.3 Å². The van der Waals surface area contributed by atoms with Crippen LogP contribution in [0, 0.1) is 0 Å². The fourth-order valence-electron chi connectivity index (χ4n) is 4.39. The van der Waals surface area contributed by atoms with Crippen LogP contribution in [-0.2, 0) is 24.9 Å². The molecule has 4 atom stereocenters. The lowest BCUT2D eigenvalue weighted by Gasteiger charge is -2.47. The molecule has 214 valence electrons. The van der Waals surface area contributed by atoms with Gasteiger partial charge in [-0.1, -0.05) is 20.8 Å². The Hall–Kier alpha value is -2.45. The molecule has 2 saturated heterocycles. The van der Waals surface area contributed by atoms with Crippen LogP contribution < -0.4 is 10.6 Å². The molecule has 2 amide bonds. The monoisotopic (exact) mass is 561 g/mol. The molecule has 1 aromatic heterocycles. The molecule has 0 radical (unpaired) electrons. The van der Waals surface area contributed by atoms with Gasteiger partial charge in [0.2, 0.25) is 5.95 Å². The van der Waals surface area contributed by atoms with Crippen LogP contribution in [0.15, 0.2) is 12.4 Å². The number of hydrogen-bond acceptors (Lipinski definition) is 8. The highest BCUT2D eigenvalue weighted by molar-refractivity contribution is 6.74. The van der Waals surface area contributed by atoms with Gasteiger partial charge < -0.3 is 29.4 Å². The second-order valence-electron chi connectivity index (χ2n) is 11.4. The average molecular weight is 562 g/mol. The Labute approximate surface area is 222 Å². The van der Waals surface area contributed by atoms with Crippen LogP contribution in [0.3, 0.4) is 0 Å². The minimum Gasteiger partial charge on any atom is -0.444 e. The number of carbonyl (C=O) groups excluding carboxylic acids is 2. The van der Waals surface area contributed by atoms with Crippen molar-refractivity contribution in [2.45, 2.75) is 89.2 Å². The van der Waals surface area contributed by atoms with Crippen molar-refractivity contribution in [3.05, 3.63) is 18.0 Å². The van der Waals surface area contributed by atoms with E-state index in [0.717, 1.165) is 12.4 Å². The smallest absolute Gasteiger partial charge is 0.419 e. The zero-order valence-corrected chi connectivity index (χ0v) is 23.7. The first kappa shape index (κ1) is 30.1. The van der Waals surface area contributed by atoms with Crippen molar-refractivity contribution in [1.29, 1.82) is 0 Å². The number of primary amides is 1. The summed E-state index contributed by atoms with van der Waals surface area (Å²) in [6.07, 6.45) is -4.49. The summed E-state index contributed by atoms with van der Waals surface area (Å²) >= 11 is 0. The van der Waals surface area contributed by atoms with Gasteiger partial charge in [0, 0.05) is 38.4 Å². The van der Waals surface area contributed by atoms with Crippen LogP contribution in [0.25, 0.3) is 0 Å². The van der Waals surface area contributed by atoms with E-state index in [9.17, 15) is 22.8 Å². The van der Waals surface area contributed by atoms with Gasteiger partial charge in [0.15, 0.2) is 8.32 Å². The predicted molar refractivity (Wildman–Crippen MR) is 136 cm³/mol. The molecule has 10 nitrogen and oxygen atoms in total. The lowest BCUT2D eigenvalue weighted by atomic mass is 10.0. The molecule has 14 heteroatoms. The highest BCUT2D eigenvalue weighted by Gasteiger charge is 2.47. The Morgan fingerprint density at radius 2 is 1.82 bits per heavy atom. The summed E-state index contributed by atoms with van der Waals surface area (Å²) in [6, 6.07) is -0.241. The number of likely N-dealkylation sites (tertiary alicyclic amines) is 1. The third-order valence-corrected chi connectivity index (χ3v) is 12.0. The Balaban J connectivity index is 1.76. The van der Waals surface area contributed by atoms with E-state index in [1.54, 1.807) is 11.8 Å². The summed E-state index contributed by atoms with van der Waals surface area (Å²) in [4.78, 5) is 35.8. The molecule has 38 heavy (non-hydrogen) atoms. The number of hydrogen-bond donors (Lipinski definition) is 1. The van der Waals surface area contributed by atoms with Crippen LogP contribution in [0.2, 0.25) is 18.1 Å². The van der Waals surface area contributed by atoms with E-state index in [1.165, 1.54) is 0 Å². The molecule has 0 saturated carbocycles. The molecule has 0 bridgehead atoms. The van der Waals surface area contributed by atoms with Gasteiger partial charge in [0.05, 0.1) is 24.3 Å². The molecular weight excluding hydrogens is 523 g/mol. The first-order chi connectivity index (χ1) is 17.5. The van der Waals surface area contributed by atoms with Crippen LogP contribution in [-0.4, -0.2) is 85.8 Å². The molecule has 2 aliphatic rings. The van der Waals surface area contributed by atoms with Crippen LogP contribution in [0.5, 0.6) is 0 Å². The number of nitrogens with two attached hydrogens (primary N) is 1. The minimum absolute atomic E-state index is 0.0424. The molecule has 2 fully saturated rings. The predicted octanol–water partition coefficient (Wildman–Crippen LogP) is 3.57. The van der Waals surface area contributed by atoms with E-state index in [-0.39, 0.29) is 29.5 Å². The number of ether oxygens (including phenoxy) is 2. The number of nitrogens with zero attached hydrogens (tertiary/aromatic N) is 4. The van der Waals surface area contributed by atoms with Crippen LogP contribution >= 0.6 is 0 Å². The first-order valence-electron chi connectivity index (χ1n) is 12.7. The quantitative estimate of drug-likeness (QED) is 0.479. The van der Waals surface area contributed by atoms with E-state index in [4.69, 9.17) is 19.6 Å². The third kappa shape index (κ3) is 7.14. The normalized spacial score (nSPS) is 24.0. The van der Waals surface area contributed by atoms with Crippen LogP contribution in [0.1, 0.15) is 46.1 Å². The number of alkyl halides is 3. The van der Waals surface area contributed by atoms with Crippen molar-refractivity contribution in [1.82, 2.24) is 14.9 Å². The van der Waals surface area contributed by atoms with Gasteiger partial charge >= 0.3 is 12.3 Å². The van der Waals surface area contributed by atoms with Crippen molar-refractivity contribution in [3.8, 4) is 0 Å². The number of carbonyl (C=O) groups is 2. The molecular formula is C24H38F3N5O5Si. The van der Waals surface area contributed by atoms with E-state index in [0.29, 0.717) is 32.5 Å². The summed E-state index contributed by atoms with van der Waals surface area (Å²) in [5.74, 6) is 0.0296. The number of aromatic nitrogens is 2. The lowest BCUT2D eigenvalue weighted by molar-refractivity contribution is -0.142. The molecule has 2 aliphatic heterocycles. The van der Waals surface area contributed by atoms with E-state index < -0.39 is 44.5 Å². The van der Waals surface area contributed by atoms with Crippen molar-refractivity contribution < 1.29 is 36.7 Å². The van der Waals surface area contributed by atoms with E-state index in [2.05, 4.69) is 43.8 Å². The molecule has 3 rings (SSSR count). The molecule has 2 N–H and O–H groups in total. The maximum absolute atomic E-state index is 13.3. The number of amides is 2. The zero-order valence-electron chi connectivity index (χ0n) is 22.7. The Morgan fingerprint density at radius 3 is 2.37 bits per heavy atom. The maximum atomic E-state index is 13.3. The Morgan fingerprint density at radius 1 is 1.18 bits per heavy atom. The SMILES string of the molecule is CC(CO[C@@H]1CCN([C@@H]2CCN(c3ncc(C(F)(F)F)cn3)C[C@@H]2O[Si](C)(C)C(C)(C)C)C1=O)OC(N)=O. The highest BCUT2D eigenvalue weighted by Crippen LogP contribution is 2.39. The van der Waals surface area contributed by atoms with Crippen LogP contribution in [0.4, 0.5) is 23.9 Å². The maximum Gasteiger partial charge on any atom is 0.419 e. The second kappa shape index (κ2) is 11.3. The molecule has 3 heterocycles.